The van der Waals surface area contributed by atoms with Crippen molar-refractivity contribution in [1.82, 2.24) is 19.3 Å². The van der Waals surface area contributed by atoms with Gasteiger partial charge in [0.15, 0.2) is 0 Å². The summed E-state index contributed by atoms with van der Waals surface area (Å²) in [5, 5.41) is 19.4. The van der Waals surface area contributed by atoms with Gasteiger partial charge in [-0.25, -0.2) is 9.35 Å². The van der Waals surface area contributed by atoms with Crippen LogP contribution in [0.5, 0.6) is 0 Å². The number of hydrazone groups is 1. The van der Waals surface area contributed by atoms with Gasteiger partial charge in [-0.15, -0.1) is 0 Å². The number of halogens is 1. The highest BCUT2D eigenvalue weighted by Gasteiger charge is 2.22. The van der Waals surface area contributed by atoms with E-state index < -0.39 is 14.9 Å². The van der Waals surface area contributed by atoms with E-state index in [-0.39, 0.29) is 10.6 Å². The number of nitrogens with zero attached hydrogens (tertiary/aromatic N) is 5. The predicted octanol–water partition coefficient (Wildman–Crippen LogP) is 2.97. The standard InChI is InChI=1S/C22H25BrN6O5S/c23-19-6-8-28-21(13-19)18(16-25-28)15-24-26-35(32,33)22-14-20(29(30)31)5-4-17(22)3-1-2-7-27-9-11-34-12-10-27/h4-6,8,13-16,26H,1-3,7,9-12H2. The van der Waals surface area contributed by atoms with E-state index in [2.05, 4.69) is 35.9 Å². The quantitative estimate of drug-likeness (QED) is 0.173. The average Bonchev–Trinajstić information content (AvgIpc) is 3.24. The number of nitro benzene ring substituents is 1. The zero-order valence-corrected chi connectivity index (χ0v) is 21.2. The zero-order chi connectivity index (χ0) is 24.8. The number of non-ortho nitro benzene ring substituents is 1. The summed E-state index contributed by atoms with van der Waals surface area (Å²) in [5.41, 5.74) is 1.56. The van der Waals surface area contributed by atoms with Crippen molar-refractivity contribution in [3.05, 3.63) is 68.4 Å². The highest BCUT2D eigenvalue weighted by Crippen LogP contribution is 2.24. The van der Waals surface area contributed by atoms with E-state index in [0.29, 0.717) is 17.5 Å². The number of hydrogen-bond acceptors (Lipinski definition) is 8. The van der Waals surface area contributed by atoms with Crippen molar-refractivity contribution in [2.45, 2.75) is 24.2 Å². The third-order valence-corrected chi connectivity index (χ3v) is 7.51. The van der Waals surface area contributed by atoms with Gasteiger partial charge in [0, 0.05) is 41.5 Å². The van der Waals surface area contributed by atoms with Gasteiger partial charge in [-0.1, -0.05) is 22.0 Å². The lowest BCUT2D eigenvalue weighted by molar-refractivity contribution is -0.385. The second kappa shape index (κ2) is 11.2. The minimum absolute atomic E-state index is 0.141. The smallest absolute Gasteiger partial charge is 0.277 e. The van der Waals surface area contributed by atoms with Gasteiger partial charge in [0.05, 0.1) is 41.0 Å². The fraction of sp³-hybridized carbons (Fsp3) is 0.364. The summed E-state index contributed by atoms with van der Waals surface area (Å²) >= 11 is 3.40. The minimum Gasteiger partial charge on any atom is -0.379 e. The summed E-state index contributed by atoms with van der Waals surface area (Å²) in [6.07, 6.45) is 6.78. The number of unbranched alkanes of at least 4 members (excludes halogenated alkanes) is 1. The van der Waals surface area contributed by atoms with Crippen LogP contribution < -0.4 is 4.83 Å². The maximum Gasteiger partial charge on any atom is 0.277 e. The van der Waals surface area contributed by atoms with Gasteiger partial charge in [0.2, 0.25) is 0 Å². The van der Waals surface area contributed by atoms with Gasteiger partial charge in [-0.05, 0) is 43.5 Å². The van der Waals surface area contributed by atoms with Gasteiger partial charge in [0.25, 0.3) is 15.7 Å². The molecular weight excluding hydrogens is 540 g/mol. The lowest BCUT2D eigenvalue weighted by Crippen LogP contribution is -2.36. The molecule has 11 nitrogen and oxygen atoms in total. The summed E-state index contributed by atoms with van der Waals surface area (Å²) in [5.74, 6) is 0. The number of ether oxygens (including phenoxy) is 1. The van der Waals surface area contributed by atoms with Crippen molar-refractivity contribution in [1.29, 1.82) is 0 Å². The lowest BCUT2D eigenvalue weighted by atomic mass is 10.1. The lowest BCUT2D eigenvalue weighted by Gasteiger charge is -2.26. The number of morpholine rings is 1. The molecule has 0 amide bonds. The maximum absolute atomic E-state index is 13.1. The van der Waals surface area contributed by atoms with E-state index in [0.717, 1.165) is 61.7 Å². The maximum atomic E-state index is 13.1. The number of hydrogen-bond donors (Lipinski definition) is 1. The molecule has 0 aliphatic carbocycles. The van der Waals surface area contributed by atoms with Crippen molar-refractivity contribution in [2.75, 3.05) is 32.8 Å². The summed E-state index contributed by atoms with van der Waals surface area (Å²) in [7, 11) is -4.14. The molecule has 1 N–H and O–H groups in total. The molecule has 3 aromatic rings. The number of sulfonamides is 1. The van der Waals surface area contributed by atoms with Crippen LogP contribution in [0.4, 0.5) is 5.69 Å². The predicted molar refractivity (Wildman–Crippen MR) is 134 cm³/mol. The summed E-state index contributed by atoms with van der Waals surface area (Å²) < 4.78 is 33.9. The molecule has 1 aliphatic heterocycles. The molecule has 1 aromatic carbocycles. The number of nitrogens with one attached hydrogen (secondary N) is 1. The van der Waals surface area contributed by atoms with E-state index in [1.54, 1.807) is 16.9 Å². The number of nitro groups is 1. The van der Waals surface area contributed by atoms with Crippen molar-refractivity contribution in [3.8, 4) is 0 Å². The Morgan fingerprint density at radius 2 is 2.03 bits per heavy atom. The SMILES string of the molecule is O=[N+]([O-])c1ccc(CCCCN2CCOCC2)c(S(=O)(=O)NN=Cc2cnn3ccc(Br)cc23)c1. The molecule has 1 fully saturated rings. The Kier molecular flexibility index (Phi) is 8.11. The van der Waals surface area contributed by atoms with Gasteiger partial charge in [-0.3, -0.25) is 15.0 Å². The van der Waals surface area contributed by atoms with E-state index in [1.807, 2.05) is 12.1 Å². The van der Waals surface area contributed by atoms with E-state index in [1.165, 1.54) is 18.3 Å². The Morgan fingerprint density at radius 1 is 1.23 bits per heavy atom. The van der Waals surface area contributed by atoms with Crippen LogP contribution in [0.25, 0.3) is 5.52 Å². The fourth-order valence-electron chi connectivity index (χ4n) is 3.88. The third kappa shape index (κ3) is 6.42. The monoisotopic (exact) mass is 564 g/mol. The van der Waals surface area contributed by atoms with Crippen LogP contribution in [-0.4, -0.2) is 66.9 Å². The van der Waals surface area contributed by atoms with Crippen LogP contribution in [-0.2, 0) is 21.2 Å². The molecule has 0 radical (unpaired) electrons. The molecule has 0 bridgehead atoms. The topological polar surface area (TPSA) is 131 Å². The van der Waals surface area contributed by atoms with Crippen LogP contribution in [0, 0.1) is 10.1 Å². The molecule has 35 heavy (non-hydrogen) atoms. The molecule has 1 saturated heterocycles. The minimum atomic E-state index is -4.14. The third-order valence-electron chi connectivity index (χ3n) is 5.72. The Morgan fingerprint density at radius 3 is 2.80 bits per heavy atom. The fourth-order valence-corrected chi connectivity index (χ4v) is 5.29. The van der Waals surface area contributed by atoms with E-state index in [4.69, 9.17) is 4.74 Å². The number of aromatic nitrogens is 2. The number of benzene rings is 1. The van der Waals surface area contributed by atoms with Gasteiger partial charge in [-0.2, -0.15) is 18.6 Å². The Labute approximate surface area is 211 Å². The molecule has 0 unspecified atom stereocenters. The van der Waals surface area contributed by atoms with E-state index in [9.17, 15) is 18.5 Å². The molecule has 3 heterocycles. The van der Waals surface area contributed by atoms with E-state index >= 15 is 0 Å². The summed E-state index contributed by atoms with van der Waals surface area (Å²) in [6.45, 7) is 4.13. The average molecular weight is 565 g/mol. The molecule has 13 heteroatoms. The van der Waals surface area contributed by atoms with Crippen molar-refractivity contribution >= 4 is 43.4 Å². The highest BCUT2D eigenvalue weighted by molar-refractivity contribution is 9.10. The first-order valence-corrected chi connectivity index (χ1v) is 13.4. The molecule has 4 rings (SSSR count). The second-order valence-electron chi connectivity index (χ2n) is 8.09. The molecular formula is C22H25BrN6O5S. The number of rotatable bonds is 10. The van der Waals surface area contributed by atoms with Crippen LogP contribution in [0.1, 0.15) is 24.0 Å². The van der Waals surface area contributed by atoms with Gasteiger partial charge >= 0.3 is 0 Å². The number of pyridine rings is 1. The van der Waals surface area contributed by atoms with Crippen molar-refractivity contribution in [2.24, 2.45) is 5.10 Å². The molecule has 0 saturated carbocycles. The van der Waals surface area contributed by atoms with Crippen LogP contribution in [0.3, 0.4) is 0 Å². The highest BCUT2D eigenvalue weighted by atomic mass is 79.9. The molecule has 2 aromatic heterocycles. The summed E-state index contributed by atoms with van der Waals surface area (Å²) in [4.78, 5) is 15.0. The molecule has 0 spiro atoms. The van der Waals surface area contributed by atoms with Crippen LogP contribution in [0.2, 0.25) is 0 Å². The molecule has 0 atom stereocenters. The molecule has 186 valence electrons. The Bertz CT molecular complexity index is 1340. The van der Waals surface area contributed by atoms with Crippen molar-refractivity contribution in [3.63, 3.8) is 0 Å². The Balaban J connectivity index is 1.48. The first-order valence-electron chi connectivity index (χ1n) is 11.1. The van der Waals surface area contributed by atoms with Gasteiger partial charge in [0.1, 0.15) is 0 Å². The zero-order valence-electron chi connectivity index (χ0n) is 18.8. The first kappa shape index (κ1) is 25.2. The van der Waals surface area contributed by atoms with Crippen molar-refractivity contribution < 1.29 is 18.1 Å². The normalized spacial score (nSPS) is 15.1. The second-order valence-corrected chi connectivity index (χ2v) is 10.6. The summed E-state index contributed by atoms with van der Waals surface area (Å²) in [6, 6.07) is 7.58. The number of fused-ring (bicyclic) bond motifs is 1. The van der Waals surface area contributed by atoms with Gasteiger partial charge < -0.3 is 4.74 Å². The number of aryl methyl sites for hydroxylation is 1. The van der Waals surface area contributed by atoms with Crippen LogP contribution >= 0.6 is 15.9 Å². The Hall–Kier alpha value is -2.87. The first-order chi connectivity index (χ1) is 16.8. The van der Waals surface area contributed by atoms with Crippen LogP contribution in [0.15, 0.2) is 57.2 Å². The molecule has 1 aliphatic rings. The largest absolute Gasteiger partial charge is 0.379 e.